The quantitative estimate of drug-likeness (QED) is 0.654. The van der Waals surface area contributed by atoms with Gasteiger partial charge in [0.2, 0.25) is 0 Å². The van der Waals surface area contributed by atoms with Gasteiger partial charge in [-0.05, 0) is 32.7 Å². The molecule has 2 nitrogen and oxygen atoms in total. The normalized spacial score (nSPS) is 21.5. The van der Waals surface area contributed by atoms with Gasteiger partial charge < -0.3 is 10.1 Å². The van der Waals surface area contributed by atoms with E-state index in [0.29, 0.717) is 6.04 Å². The Morgan fingerprint density at radius 3 is 2.53 bits per heavy atom. The lowest BCUT2D eigenvalue weighted by atomic mass is 9.89. The smallest absolute Gasteiger partial charge is 0.0837 e. The Bertz CT molecular complexity index is 185. The molecule has 0 amide bonds. The van der Waals surface area contributed by atoms with Gasteiger partial charge in [-0.15, -0.1) is 6.58 Å². The zero-order chi connectivity index (χ0) is 11.1. The molecule has 2 heteroatoms. The lowest BCUT2D eigenvalue weighted by molar-refractivity contribution is -0.0603. The monoisotopic (exact) mass is 211 g/mol. The Balaban J connectivity index is 2.68. The van der Waals surface area contributed by atoms with E-state index in [1.54, 1.807) is 0 Å². The minimum atomic E-state index is 0.0823. The Hall–Kier alpha value is -0.340. The molecule has 1 unspecified atom stereocenters. The van der Waals surface area contributed by atoms with Gasteiger partial charge in [0.25, 0.3) is 0 Å². The molecule has 0 spiro atoms. The van der Waals surface area contributed by atoms with E-state index in [4.69, 9.17) is 4.74 Å². The van der Waals surface area contributed by atoms with E-state index in [1.807, 2.05) is 6.08 Å². The third-order valence-electron chi connectivity index (χ3n) is 3.37. The zero-order valence-electron chi connectivity index (χ0n) is 10.2. The van der Waals surface area contributed by atoms with Crippen molar-refractivity contribution in [3.63, 3.8) is 0 Å². The summed E-state index contributed by atoms with van der Waals surface area (Å²) in [6, 6.07) is 0.447. The average molecular weight is 211 g/mol. The summed E-state index contributed by atoms with van der Waals surface area (Å²) in [5.41, 5.74) is 0.0823. The molecule has 1 aliphatic rings. The van der Waals surface area contributed by atoms with Crippen molar-refractivity contribution in [3.8, 4) is 0 Å². The van der Waals surface area contributed by atoms with Crippen LogP contribution in [0, 0.1) is 0 Å². The maximum absolute atomic E-state index is 6.05. The Morgan fingerprint density at radius 2 is 2.07 bits per heavy atom. The Labute approximate surface area is 94.1 Å². The molecule has 1 atom stereocenters. The summed E-state index contributed by atoms with van der Waals surface area (Å²) in [5, 5.41) is 3.55. The number of nitrogens with one attached hydrogen (secondary N) is 1. The predicted octanol–water partition coefficient (Wildman–Crippen LogP) is 2.89. The Morgan fingerprint density at radius 1 is 1.40 bits per heavy atom. The van der Waals surface area contributed by atoms with E-state index in [1.165, 1.54) is 25.7 Å². The molecule has 1 saturated carbocycles. The average Bonchev–Trinajstić information content (AvgIpc) is 2.68. The highest BCUT2D eigenvalue weighted by molar-refractivity contribution is 4.99. The van der Waals surface area contributed by atoms with Gasteiger partial charge in [-0.2, -0.15) is 0 Å². The van der Waals surface area contributed by atoms with Crippen LogP contribution in [-0.4, -0.2) is 24.8 Å². The fraction of sp³-hybridized carbons (Fsp3) is 0.846. The highest BCUT2D eigenvalue weighted by Crippen LogP contribution is 2.37. The molecule has 1 fully saturated rings. The zero-order valence-corrected chi connectivity index (χ0v) is 10.2. The predicted molar refractivity (Wildman–Crippen MR) is 65.1 cm³/mol. The third kappa shape index (κ3) is 3.05. The van der Waals surface area contributed by atoms with Crippen molar-refractivity contribution in [2.45, 2.75) is 57.6 Å². The van der Waals surface area contributed by atoms with Gasteiger partial charge in [0, 0.05) is 12.6 Å². The van der Waals surface area contributed by atoms with Crippen molar-refractivity contribution in [1.82, 2.24) is 5.32 Å². The van der Waals surface area contributed by atoms with Gasteiger partial charge in [-0.3, -0.25) is 0 Å². The molecule has 0 aliphatic heterocycles. The summed E-state index contributed by atoms with van der Waals surface area (Å²) in [6.07, 6.45) is 8.02. The van der Waals surface area contributed by atoms with Crippen LogP contribution in [0.2, 0.25) is 0 Å². The lowest BCUT2D eigenvalue weighted by Crippen LogP contribution is -2.50. The number of rotatable bonds is 7. The molecule has 1 aliphatic carbocycles. The van der Waals surface area contributed by atoms with Crippen LogP contribution >= 0.6 is 0 Å². The first-order valence-corrected chi connectivity index (χ1v) is 6.27. The van der Waals surface area contributed by atoms with Crippen LogP contribution < -0.4 is 5.32 Å². The number of hydrogen-bond acceptors (Lipinski definition) is 2. The molecule has 88 valence electrons. The van der Waals surface area contributed by atoms with Gasteiger partial charge in [0.1, 0.15) is 0 Å². The van der Waals surface area contributed by atoms with Gasteiger partial charge in [0.15, 0.2) is 0 Å². The first-order valence-electron chi connectivity index (χ1n) is 6.27. The van der Waals surface area contributed by atoms with Gasteiger partial charge in [-0.25, -0.2) is 0 Å². The molecule has 15 heavy (non-hydrogen) atoms. The fourth-order valence-corrected chi connectivity index (χ4v) is 2.75. The topological polar surface area (TPSA) is 21.3 Å². The molecule has 0 aromatic carbocycles. The summed E-state index contributed by atoms with van der Waals surface area (Å²) in [4.78, 5) is 0. The van der Waals surface area contributed by atoms with Gasteiger partial charge in [-0.1, -0.05) is 25.8 Å². The molecule has 0 bridgehead atoms. The van der Waals surface area contributed by atoms with E-state index in [0.717, 1.165) is 19.6 Å². The summed E-state index contributed by atoms with van der Waals surface area (Å²) in [6.45, 7) is 9.93. The maximum Gasteiger partial charge on any atom is 0.0837 e. The second-order valence-electron chi connectivity index (χ2n) is 4.34. The highest BCUT2D eigenvalue weighted by atomic mass is 16.5. The van der Waals surface area contributed by atoms with Crippen molar-refractivity contribution >= 4 is 0 Å². The summed E-state index contributed by atoms with van der Waals surface area (Å²) < 4.78 is 6.05. The minimum Gasteiger partial charge on any atom is -0.374 e. The van der Waals surface area contributed by atoms with Crippen LogP contribution in [0.15, 0.2) is 12.7 Å². The van der Waals surface area contributed by atoms with E-state index in [-0.39, 0.29) is 5.60 Å². The van der Waals surface area contributed by atoms with Crippen molar-refractivity contribution in [2.75, 3.05) is 13.2 Å². The van der Waals surface area contributed by atoms with E-state index >= 15 is 0 Å². The third-order valence-corrected chi connectivity index (χ3v) is 3.37. The molecule has 0 saturated heterocycles. The maximum atomic E-state index is 6.05. The van der Waals surface area contributed by atoms with Crippen LogP contribution in [0.25, 0.3) is 0 Å². The van der Waals surface area contributed by atoms with Crippen molar-refractivity contribution in [2.24, 2.45) is 0 Å². The molecule has 0 radical (unpaired) electrons. The fourth-order valence-electron chi connectivity index (χ4n) is 2.75. The molecule has 1 N–H and O–H groups in total. The van der Waals surface area contributed by atoms with Gasteiger partial charge in [0.05, 0.1) is 5.60 Å². The van der Waals surface area contributed by atoms with E-state index < -0.39 is 0 Å². The first kappa shape index (κ1) is 12.7. The van der Waals surface area contributed by atoms with Gasteiger partial charge >= 0.3 is 0 Å². The van der Waals surface area contributed by atoms with Crippen LogP contribution in [0.3, 0.4) is 0 Å². The van der Waals surface area contributed by atoms with Crippen molar-refractivity contribution in [3.05, 3.63) is 12.7 Å². The Kier molecular flexibility index (Phi) is 5.34. The number of ether oxygens (including phenoxy) is 1. The standard InChI is InChI=1S/C13H25NO/c1-4-9-12(14-5-2)13(15-6-3)10-7-8-11-13/h4,12,14H,1,5-11H2,2-3H3. The van der Waals surface area contributed by atoms with Crippen molar-refractivity contribution < 1.29 is 4.74 Å². The molecule has 0 heterocycles. The molecule has 0 aromatic rings. The van der Waals surface area contributed by atoms with Crippen LogP contribution in [0.5, 0.6) is 0 Å². The molecule has 0 aromatic heterocycles. The summed E-state index contributed by atoms with van der Waals surface area (Å²) in [7, 11) is 0. The first-order chi connectivity index (χ1) is 7.29. The van der Waals surface area contributed by atoms with Crippen molar-refractivity contribution in [1.29, 1.82) is 0 Å². The second-order valence-corrected chi connectivity index (χ2v) is 4.34. The van der Waals surface area contributed by atoms with Crippen LogP contribution in [0.4, 0.5) is 0 Å². The summed E-state index contributed by atoms with van der Waals surface area (Å²) in [5.74, 6) is 0. The van der Waals surface area contributed by atoms with Crippen LogP contribution in [0.1, 0.15) is 46.0 Å². The molecular weight excluding hydrogens is 186 g/mol. The second kappa shape index (κ2) is 6.29. The molecular formula is C13H25NO. The lowest BCUT2D eigenvalue weighted by Gasteiger charge is -2.37. The molecule has 1 rings (SSSR count). The van der Waals surface area contributed by atoms with E-state index in [2.05, 4.69) is 25.7 Å². The summed E-state index contributed by atoms with van der Waals surface area (Å²) >= 11 is 0. The minimum absolute atomic E-state index is 0.0823. The number of hydrogen-bond donors (Lipinski definition) is 1. The highest BCUT2D eigenvalue weighted by Gasteiger charge is 2.40. The largest absolute Gasteiger partial charge is 0.374 e. The SMILES string of the molecule is C=CCC(NCC)C1(OCC)CCCC1. The van der Waals surface area contributed by atoms with Crippen LogP contribution in [-0.2, 0) is 4.74 Å². The van der Waals surface area contributed by atoms with E-state index in [9.17, 15) is 0 Å². The number of likely N-dealkylation sites (N-methyl/N-ethyl adjacent to an activating group) is 1.